The average Bonchev–Trinajstić information content (AvgIpc) is 3.00. The minimum absolute atomic E-state index is 0.0130. The zero-order chi connectivity index (χ0) is 21.3. The molecule has 0 spiro atoms. The number of hydrogen-bond acceptors (Lipinski definition) is 5. The number of piperazine rings is 1. The lowest BCUT2D eigenvalue weighted by Crippen LogP contribution is -2.49. The fourth-order valence-electron chi connectivity index (χ4n) is 3.90. The average molecular weight is 428 g/mol. The molecule has 2 aromatic carbocycles. The molecule has 4 rings (SSSR count). The molecule has 1 fully saturated rings. The SMILES string of the molecule is COc1ccc(/C=C2\C(=O)N(CN3CCN(C)CC3)c3cc(Cl)ccc32)cc1OC. The summed E-state index contributed by atoms with van der Waals surface area (Å²) in [5, 5.41) is 0.622. The van der Waals surface area contributed by atoms with Crippen molar-refractivity contribution in [1.82, 2.24) is 9.80 Å². The Balaban J connectivity index is 1.68. The predicted molar refractivity (Wildman–Crippen MR) is 120 cm³/mol. The maximum absolute atomic E-state index is 13.4. The molecule has 0 saturated carbocycles. The number of rotatable bonds is 5. The van der Waals surface area contributed by atoms with E-state index in [4.69, 9.17) is 21.1 Å². The Morgan fingerprint density at radius 1 is 1.00 bits per heavy atom. The van der Waals surface area contributed by atoms with E-state index in [-0.39, 0.29) is 5.91 Å². The summed E-state index contributed by atoms with van der Waals surface area (Å²) in [6.45, 7) is 4.43. The zero-order valence-electron chi connectivity index (χ0n) is 17.5. The molecule has 0 radical (unpaired) electrons. The van der Waals surface area contributed by atoms with Crippen LogP contribution in [0.5, 0.6) is 11.5 Å². The number of ether oxygens (including phenoxy) is 2. The van der Waals surface area contributed by atoms with Gasteiger partial charge in [-0.05, 0) is 43.0 Å². The number of carbonyl (C=O) groups is 1. The van der Waals surface area contributed by atoms with Gasteiger partial charge in [0.25, 0.3) is 5.91 Å². The molecule has 158 valence electrons. The van der Waals surface area contributed by atoms with Crippen molar-refractivity contribution >= 4 is 34.8 Å². The van der Waals surface area contributed by atoms with Crippen molar-refractivity contribution in [2.75, 3.05) is 59.0 Å². The highest BCUT2D eigenvalue weighted by molar-refractivity contribution is 6.37. The summed E-state index contributed by atoms with van der Waals surface area (Å²) in [5.74, 6) is 1.27. The Morgan fingerprint density at radius 2 is 1.73 bits per heavy atom. The van der Waals surface area contributed by atoms with Crippen LogP contribution in [0.1, 0.15) is 11.1 Å². The Kier molecular flexibility index (Phi) is 5.99. The van der Waals surface area contributed by atoms with Gasteiger partial charge in [-0.3, -0.25) is 14.6 Å². The summed E-state index contributed by atoms with van der Waals surface area (Å²) in [6, 6.07) is 11.3. The number of amides is 1. The molecule has 6 nitrogen and oxygen atoms in total. The van der Waals surface area contributed by atoms with Gasteiger partial charge in [0.05, 0.1) is 26.6 Å². The molecule has 7 heteroatoms. The van der Waals surface area contributed by atoms with Crippen molar-refractivity contribution < 1.29 is 14.3 Å². The zero-order valence-corrected chi connectivity index (χ0v) is 18.3. The first kappa shape index (κ1) is 20.7. The molecule has 0 aromatic heterocycles. The molecule has 2 aliphatic heterocycles. The van der Waals surface area contributed by atoms with Gasteiger partial charge in [0, 0.05) is 42.3 Å². The summed E-state index contributed by atoms with van der Waals surface area (Å²) in [7, 11) is 5.33. The van der Waals surface area contributed by atoms with E-state index in [1.165, 1.54) is 0 Å². The lowest BCUT2D eigenvalue weighted by atomic mass is 10.0. The van der Waals surface area contributed by atoms with Gasteiger partial charge in [-0.2, -0.15) is 0 Å². The van der Waals surface area contributed by atoms with Crippen LogP contribution in [0, 0.1) is 0 Å². The first-order valence-corrected chi connectivity index (χ1v) is 10.3. The normalized spacial score (nSPS) is 18.7. The van der Waals surface area contributed by atoms with E-state index in [0.717, 1.165) is 43.0 Å². The van der Waals surface area contributed by atoms with Gasteiger partial charge in [-0.1, -0.05) is 23.7 Å². The Hall–Kier alpha value is -2.54. The smallest absolute Gasteiger partial charge is 0.260 e. The van der Waals surface area contributed by atoms with Gasteiger partial charge in [-0.25, -0.2) is 0 Å². The molecular weight excluding hydrogens is 402 g/mol. The monoisotopic (exact) mass is 427 g/mol. The van der Waals surface area contributed by atoms with E-state index in [1.807, 2.05) is 47.4 Å². The quantitative estimate of drug-likeness (QED) is 0.684. The molecule has 0 aliphatic carbocycles. The number of hydrogen-bond donors (Lipinski definition) is 0. The summed E-state index contributed by atoms with van der Waals surface area (Å²) >= 11 is 6.27. The second kappa shape index (κ2) is 8.68. The van der Waals surface area contributed by atoms with Crippen LogP contribution < -0.4 is 14.4 Å². The Morgan fingerprint density at radius 3 is 2.43 bits per heavy atom. The maximum atomic E-state index is 13.4. The van der Waals surface area contributed by atoms with Crippen molar-refractivity contribution in [3.63, 3.8) is 0 Å². The van der Waals surface area contributed by atoms with Gasteiger partial charge >= 0.3 is 0 Å². The lowest BCUT2D eigenvalue weighted by molar-refractivity contribution is -0.113. The highest BCUT2D eigenvalue weighted by atomic mass is 35.5. The largest absolute Gasteiger partial charge is 0.493 e. The van der Waals surface area contributed by atoms with E-state index in [1.54, 1.807) is 14.2 Å². The highest BCUT2D eigenvalue weighted by Crippen LogP contribution is 2.40. The molecule has 2 heterocycles. The van der Waals surface area contributed by atoms with Crippen LogP contribution in [-0.2, 0) is 4.79 Å². The summed E-state index contributed by atoms with van der Waals surface area (Å²) in [6.07, 6.45) is 1.90. The number of halogens is 1. The van der Waals surface area contributed by atoms with Gasteiger partial charge < -0.3 is 14.4 Å². The van der Waals surface area contributed by atoms with Gasteiger partial charge in [-0.15, -0.1) is 0 Å². The molecule has 1 amide bonds. The topological polar surface area (TPSA) is 45.2 Å². The molecule has 1 saturated heterocycles. The number of methoxy groups -OCH3 is 2. The van der Waals surface area contributed by atoms with Crippen LogP contribution in [0.3, 0.4) is 0 Å². The van der Waals surface area contributed by atoms with E-state index in [2.05, 4.69) is 16.8 Å². The molecular formula is C23H26ClN3O3. The van der Waals surface area contributed by atoms with Crippen LogP contribution in [-0.4, -0.2) is 69.8 Å². The molecule has 0 N–H and O–H groups in total. The Labute approximate surface area is 182 Å². The standard InChI is InChI=1S/C23H26ClN3O3/c1-25-8-10-26(11-9-25)15-27-20-14-17(24)5-6-18(20)19(23(27)28)12-16-4-7-21(29-2)22(13-16)30-3/h4-7,12-14H,8-11,15H2,1-3H3/b19-12-. The van der Waals surface area contributed by atoms with E-state index in [9.17, 15) is 4.79 Å². The Bertz CT molecular complexity index is 984. The number of fused-ring (bicyclic) bond motifs is 1. The highest BCUT2D eigenvalue weighted by Gasteiger charge is 2.34. The van der Waals surface area contributed by atoms with E-state index >= 15 is 0 Å². The molecule has 30 heavy (non-hydrogen) atoms. The van der Waals surface area contributed by atoms with Crippen LogP contribution >= 0.6 is 11.6 Å². The van der Waals surface area contributed by atoms with Crippen LogP contribution in [0.4, 0.5) is 5.69 Å². The fraction of sp³-hybridized carbons (Fsp3) is 0.348. The first-order valence-electron chi connectivity index (χ1n) is 9.96. The third-order valence-corrected chi connectivity index (χ3v) is 5.91. The van der Waals surface area contributed by atoms with Crippen LogP contribution in [0.25, 0.3) is 11.6 Å². The number of carbonyl (C=O) groups excluding carboxylic acids is 1. The molecule has 0 bridgehead atoms. The van der Waals surface area contributed by atoms with Crippen molar-refractivity contribution in [2.24, 2.45) is 0 Å². The minimum atomic E-state index is -0.0130. The van der Waals surface area contributed by atoms with Crippen molar-refractivity contribution in [1.29, 1.82) is 0 Å². The van der Waals surface area contributed by atoms with E-state index in [0.29, 0.717) is 28.8 Å². The molecule has 0 atom stereocenters. The third-order valence-electron chi connectivity index (χ3n) is 5.67. The van der Waals surface area contributed by atoms with E-state index < -0.39 is 0 Å². The van der Waals surface area contributed by atoms with Crippen LogP contribution in [0.15, 0.2) is 36.4 Å². The molecule has 2 aromatic rings. The van der Waals surface area contributed by atoms with Crippen LogP contribution in [0.2, 0.25) is 5.02 Å². The van der Waals surface area contributed by atoms with Crippen molar-refractivity contribution in [3.05, 3.63) is 52.5 Å². The predicted octanol–water partition coefficient (Wildman–Crippen LogP) is 3.45. The first-order chi connectivity index (χ1) is 14.5. The van der Waals surface area contributed by atoms with Crippen molar-refractivity contribution in [3.8, 4) is 11.5 Å². The molecule has 2 aliphatic rings. The summed E-state index contributed by atoms with van der Waals surface area (Å²) < 4.78 is 10.7. The van der Waals surface area contributed by atoms with Gasteiger partial charge in [0.1, 0.15) is 0 Å². The second-order valence-corrected chi connectivity index (χ2v) is 8.07. The minimum Gasteiger partial charge on any atom is -0.493 e. The summed E-state index contributed by atoms with van der Waals surface area (Å²) in [5.41, 5.74) is 3.29. The second-order valence-electron chi connectivity index (χ2n) is 7.63. The number of nitrogens with zero attached hydrogens (tertiary/aromatic N) is 3. The van der Waals surface area contributed by atoms with Crippen molar-refractivity contribution in [2.45, 2.75) is 0 Å². The number of anilines is 1. The van der Waals surface area contributed by atoms with Gasteiger partial charge in [0.15, 0.2) is 11.5 Å². The van der Waals surface area contributed by atoms with Gasteiger partial charge in [0.2, 0.25) is 0 Å². The maximum Gasteiger partial charge on any atom is 0.260 e. The lowest BCUT2D eigenvalue weighted by Gasteiger charge is -2.34. The summed E-state index contributed by atoms with van der Waals surface area (Å²) in [4.78, 5) is 19.9. The number of likely N-dealkylation sites (N-methyl/N-ethyl adjacent to an activating group) is 1. The number of benzene rings is 2. The third kappa shape index (κ3) is 4.03. The molecule has 0 unspecified atom stereocenters. The fourth-order valence-corrected chi connectivity index (χ4v) is 4.07.